The van der Waals surface area contributed by atoms with Gasteiger partial charge in [0.05, 0.1) is 5.02 Å². The number of thioether (sulfide) groups is 1. The lowest BCUT2D eigenvalue weighted by molar-refractivity contribution is -0.121. The summed E-state index contributed by atoms with van der Waals surface area (Å²) < 4.78 is 13.4. The van der Waals surface area contributed by atoms with Crippen molar-refractivity contribution in [1.29, 1.82) is 0 Å². The molecule has 0 bridgehead atoms. The summed E-state index contributed by atoms with van der Waals surface area (Å²) >= 11 is 7.27. The van der Waals surface area contributed by atoms with Crippen molar-refractivity contribution < 1.29 is 9.18 Å². The normalized spacial score (nSPS) is 20.4. The Bertz CT molecular complexity index is 755. The highest BCUT2D eigenvalue weighted by atomic mass is 35.5. The van der Waals surface area contributed by atoms with Gasteiger partial charge in [0.2, 0.25) is 5.91 Å². The van der Waals surface area contributed by atoms with Gasteiger partial charge < -0.3 is 11.1 Å². The van der Waals surface area contributed by atoms with E-state index in [1.165, 1.54) is 17.8 Å². The zero-order chi connectivity index (χ0) is 18.5. The zero-order valence-electron chi connectivity index (χ0n) is 14.7. The number of nitrogens with two attached hydrogens (primary N) is 1. The molecule has 2 aromatic rings. The largest absolute Gasteiger partial charge is 0.352 e. The van der Waals surface area contributed by atoms with Crippen molar-refractivity contribution >= 4 is 41.7 Å². The Balaban J connectivity index is 0.00000261. The van der Waals surface area contributed by atoms with Gasteiger partial charge in [-0.15, -0.1) is 24.2 Å². The highest BCUT2D eigenvalue weighted by Gasteiger charge is 2.26. The van der Waals surface area contributed by atoms with E-state index < -0.39 is 11.1 Å². The van der Waals surface area contributed by atoms with Gasteiger partial charge in [-0.3, -0.25) is 4.79 Å². The fourth-order valence-electron chi connectivity index (χ4n) is 3.13. The highest BCUT2D eigenvalue weighted by molar-refractivity contribution is 8.00. The van der Waals surface area contributed by atoms with Crippen LogP contribution in [0.3, 0.4) is 0 Å². The Hall–Kier alpha value is -1.27. The molecule has 1 saturated carbocycles. The lowest BCUT2D eigenvalue weighted by Gasteiger charge is -2.28. The number of halogens is 3. The second kappa shape index (κ2) is 10.3. The number of rotatable bonds is 5. The van der Waals surface area contributed by atoms with E-state index in [-0.39, 0.29) is 35.4 Å². The Morgan fingerprint density at radius 1 is 1.15 bits per heavy atom. The van der Waals surface area contributed by atoms with Gasteiger partial charge in [0.15, 0.2) is 0 Å². The molecule has 146 valence electrons. The second-order valence-electron chi connectivity index (χ2n) is 6.60. The van der Waals surface area contributed by atoms with E-state index >= 15 is 0 Å². The molecule has 3 N–H and O–H groups in total. The first-order valence-electron chi connectivity index (χ1n) is 8.75. The smallest absolute Gasteiger partial charge is 0.238 e. The monoisotopic (exact) mass is 428 g/mol. The number of hydrogen-bond acceptors (Lipinski definition) is 3. The van der Waals surface area contributed by atoms with Gasteiger partial charge in [0.25, 0.3) is 0 Å². The summed E-state index contributed by atoms with van der Waals surface area (Å²) in [6.07, 6.45) is 3.67. The van der Waals surface area contributed by atoms with Gasteiger partial charge in [0, 0.05) is 17.0 Å². The first-order valence-corrected chi connectivity index (χ1v) is 10.0. The van der Waals surface area contributed by atoms with Crippen LogP contribution in [0.1, 0.15) is 36.5 Å². The van der Waals surface area contributed by atoms with E-state index in [1.54, 1.807) is 12.1 Å². The van der Waals surface area contributed by atoms with E-state index in [2.05, 4.69) is 5.32 Å². The van der Waals surface area contributed by atoms with Crippen molar-refractivity contribution in [1.82, 2.24) is 5.32 Å². The maximum Gasteiger partial charge on any atom is 0.238 e. The van der Waals surface area contributed by atoms with Crippen molar-refractivity contribution in [3.8, 4) is 0 Å². The number of nitrogens with one attached hydrogen (secondary N) is 1. The number of benzene rings is 2. The van der Waals surface area contributed by atoms with Crippen LogP contribution < -0.4 is 11.1 Å². The van der Waals surface area contributed by atoms with E-state index in [1.807, 2.05) is 30.3 Å². The van der Waals surface area contributed by atoms with Crippen LogP contribution in [-0.4, -0.2) is 18.0 Å². The Morgan fingerprint density at radius 3 is 2.44 bits per heavy atom. The summed E-state index contributed by atoms with van der Waals surface area (Å²) in [4.78, 5) is 13.7. The van der Waals surface area contributed by atoms with Crippen molar-refractivity contribution in [3.05, 3.63) is 64.9 Å². The molecule has 1 aliphatic rings. The molecule has 0 radical (unpaired) electrons. The average Bonchev–Trinajstić information content (AvgIpc) is 2.65. The van der Waals surface area contributed by atoms with Crippen molar-refractivity contribution in [2.24, 2.45) is 5.73 Å². The minimum absolute atomic E-state index is 0. The third-order valence-corrected chi connectivity index (χ3v) is 6.14. The SMILES string of the molecule is Cl.NC1CCC(NC(=O)C(Sc2ccc(F)c(Cl)c2)c2ccccc2)CC1. The van der Waals surface area contributed by atoms with E-state index in [0.717, 1.165) is 36.1 Å². The minimum Gasteiger partial charge on any atom is -0.352 e. The predicted octanol–water partition coefficient (Wildman–Crippen LogP) is 5.12. The van der Waals surface area contributed by atoms with Crippen molar-refractivity contribution in [2.75, 3.05) is 0 Å². The van der Waals surface area contributed by atoms with Crippen LogP contribution in [-0.2, 0) is 4.79 Å². The number of carbonyl (C=O) groups is 1. The fraction of sp³-hybridized carbons (Fsp3) is 0.350. The lowest BCUT2D eigenvalue weighted by Crippen LogP contribution is -2.41. The summed E-state index contributed by atoms with van der Waals surface area (Å²) in [5.41, 5.74) is 6.85. The Kier molecular flexibility index (Phi) is 8.42. The molecule has 0 heterocycles. The van der Waals surface area contributed by atoms with E-state index in [0.29, 0.717) is 0 Å². The summed E-state index contributed by atoms with van der Waals surface area (Å²) in [6, 6.07) is 14.5. The summed E-state index contributed by atoms with van der Waals surface area (Å²) in [7, 11) is 0. The fourth-order valence-corrected chi connectivity index (χ4v) is 4.45. The molecule has 3 nitrogen and oxygen atoms in total. The maximum absolute atomic E-state index is 13.4. The molecule has 1 aliphatic carbocycles. The molecule has 1 unspecified atom stereocenters. The van der Waals surface area contributed by atoms with Crippen LogP contribution in [0.4, 0.5) is 4.39 Å². The first-order chi connectivity index (χ1) is 12.5. The van der Waals surface area contributed by atoms with Crippen LogP contribution in [0.2, 0.25) is 5.02 Å². The molecule has 0 spiro atoms. The zero-order valence-corrected chi connectivity index (χ0v) is 17.1. The molecule has 0 aliphatic heterocycles. The quantitative estimate of drug-likeness (QED) is 0.649. The third-order valence-electron chi connectivity index (χ3n) is 4.60. The second-order valence-corrected chi connectivity index (χ2v) is 8.19. The summed E-state index contributed by atoms with van der Waals surface area (Å²) in [5, 5.41) is 2.80. The number of hydrogen-bond donors (Lipinski definition) is 2. The molecule has 1 fully saturated rings. The van der Waals surface area contributed by atoms with Gasteiger partial charge in [-0.1, -0.05) is 41.9 Å². The summed E-state index contributed by atoms with van der Waals surface area (Å²) in [6.45, 7) is 0. The Labute approximate surface area is 174 Å². The molecule has 2 aromatic carbocycles. The average molecular weight is 429 g/mol. The molecule has 1 amide bonds. The van der Waals surface area contributed by atoms with Gasteiger partial charge in [-0.05, 0) is 49.4 Å². The molecule has 0 saturated heterocycles. The molecule has 7 heteroatoms. The number of carbonyl (C=O) groups excluding carboxylic acids is 1. The topological polar surface area (TPSA) is 55.1 Å². The Morgan fingerprint density at radius 2 is 1.81 bits per heavy atom. The molecular weight excluding hydrogens is 406 g/mol. The van der Waals surface area contributed by atoms with Gasteiger partial charge in [-0.25, -0.2) is 4.39 Å². The molecule has 0 aromatic heterocycles. The van der Waals surface area contributed by atoms with Crippen LogP contribution in [0, 0.1) is 5.82 Å². The molecular formula is C20H23Cl2FN2OS. The van der Waals surface area contributed by atoms with E-state index in [9.17, 15) is 9.18 Å². The minimum atomic E-state index is -0.463. The molecule has 1 atom stereocenters. The van der Waals surface area contributed by atoms with Crippen LogP contribution in [0.5, 0.6) is 0 Å². The van der Waals surface area contributed by atoms with Crippen LogP contribution in [0.25, 0.3) is 0 Å². The van der Waals surface area contributed by atoms with Crippen LogP contribution >= 0.6 is 35.8 Å². The van der Waals surface area contributed by atoms with Crippen molar-refractivity contribution in [2.45, 2.75) is 47.9 Å². The van der Waals surface area contributed by atoms with Gasteiger partial charge in [-0.2, -0.15) is 0 Å². The predicted molar refractivity (Wildman–Crippen MR) is 112 cm³/mol. The standard InChI is InChI=1S/C20H22ClFN2OS.ClH/c21-17-12-16(10-11-18(17)22)26-19(13-4-2-1-3-5-13)20(25)24-15-8-6-14(23)7-9-15;/h1-5,10-12,14-15,19H,6-9,23H2,(H,24,25);1H. The maximum atomic E-state index is 13.4. The third kappa shape index (κ3) is 6.11. The van der Waals surface area contributed by atoms with Crippen LogP contribution in [0.15, 0.2) is 53.4 Å². The lowest BCUT2D eigenvalue weighted by atomic mass is 9.91. The molecule has 3 rings (SSSR count). The highest BCUT2D eigenvalue weighted by Crippen LogP contribution is 2.37. The van der Waals surface area contributed by atoms with Crippen molar-refractivity contribution in [3.63, 3.8) is 0 Å². The molecule has 27 heavy (non-hydrogen) atoms. The van der Waals surface area contributed by atoms with E-state index in [4.69, 9.17) is 17.3 Å². The summed E-state index contributed by atoms with van der Waals surface area (Å²) in [5.74, 6) is -0.502. The number of amides is 1. The first kappa shape index (κ1) is 22.0. The van der Waals surface area contributed by atoms with Gasteiger partial charge in [0.1, 0.15) is 11.1 Å². The van der Waals surface area contributed by atoms with Gasteiger partial charge >= 0.3 is 0 Å².